The lowest BCUT2D eigenvalue weighted by molar-refractivity contribution is -0.139. The van der Waals surface area contributed by atoms with E-state index < -0.39 is 0 Å². The molecule has 1 aliphatic heterocycles. The van der Waals surface area contributed by atoms with Gasteiger partial charge in [-0.2, -0.15) is 0 Å². The molecular weight excluding hydrogens is 216 g/mol. The van der Waals surface area contributed by atoms with Gasteiger partial charge in [0.15, 0.2) is 0 Å². The Hall–Kier alpha value is -0.610. The van der Waals surface area contributed by atoms with Crippen LogP contribution in [0.5, 0.6) is 0 Å². The minimum Gasteiger partial charge on any atom is -0.377 e. The summed E-state index contributed by atoms with van der Waals surface area (Å²) in [5.41, 5.74) is 5.88. The Labute approximate surface area is 103 Å². The molecule has 1 saturated carbocycles. The van der Waals surface area contributed by atoms with Gasteiger partial charge in [-0.15, -0.1) is 0 Å². The molecule has 1 saturated heterocycles. The standard InChI is InChI=1S/C13H24N2O2/c1-4-5-9(14)12(16)15-10-8-6-7-17-11(8)13(10,2)3/h8-11H,4-7,14H2,1-3H3,(H,15,16). The van der Waals surface area contributed by atoms with Crippen LogP contribution in [-0.2, 0) is 9.53 Å². The summed E-state index contributed by atoms with van der Waals surface area (Å²) in [5.74, 6) is 0.484. The Morgan fingerprint density at radius 1 is 1.59 bits per heavy atom. The number of ether oxygens (including phenoxy) is 1. The number of hydrogen-bond donors (Lipinski definition) is 2. The molecule has 2 aliphatic rings. The van der Waals surface area contributed by atoms with Crippen molar-refractivity contribution in [2.45, 2.75) is 58.2 Å². The first kappa shape index (κ1) is 12.8. The largest absolute Gasteiger partial charge is 0.377 e. The highest BCUT2D eigenvalue weighted by atomic mass is 16.5. The minimum absolute atomic E-state index is 0.00437. The van der Waals surface area contributed by atoms with E-state index in [0.717, 1.165) is 25.9 Å². The molecular formula is C13H24N2O2. The van der Waals surface area contributed by atoms with Crippen LogP contribution in [-0.4, -0.2) is 30.7 Å². The smallest absolute Gasteiger partial charge is 0.237 e. The fourth-order valence-electron chi connectivity index (χ4n) is 3.32. The van der Waals surface area contributed by atoms with E-state index in [-0.39, 0.29) is 23.4 Å². The van der Waals surface area contributed by atoms with E-state index in [0.29, 0.717) is 12.0 Å². The number of amides is 1. The van der Waals surface area contributed by atoms with E-state index in [9.17, 15) is 4.79 Å². The van der Waals surface area contributed by atoms with Crippen LogP contribution in [0.4, 0.5) is 0 Å². The SMILES string of the molecule is CCCC(N)C(=O)NC1C2CCOC2C1(C)C. The van der Waals surface area contributed by atoms with Crippen LogP contribution >= 0.6 is 0 Å². The van der Waals surface area contributed by atoms with Crippen molar-refractivity contribution in [1.82, 2.24) is 5.32 Å². The molecule has 0 radical (unpaired) electrons. The summed E-state index contributed by atoms with van der Waals surface area (Å²) in [6, 6.07) is -0.137. The molecule has 2 fully saturated rings. The molecule has 3 N–H and O–H groups in total. The molecule has 4 atom stereocenters. The maximum Gasteiger partial charge on any atom is 0.237 e. The molecule has 98 valence electrons. The van der Waals surface area contributed by atoms with Gasteiger partial charge in [0, 0.05) is 24.0 Å². The van der Waals surface area contributed by atoms with E-state index >= 15 is 0 Å². The number of rotatable bonds is 4. The molecule has 4 unspecified atom stereocenters. The minimum atomic E-state index is -0.364. The van der Waals surface area contributed by atoms with Crippen molar-refractivity contribution in [2.75, 3.05) is 6.61 Å². The summed E-state index contributed by atoms with van der Waals surface area (Å²) < 4.78 is 5.70. The van der Waals surface area contributed by atoms with Crippen molar-refractivity contribution in [1.29, 1.82) is 0 Å². The zero-order chi connectivity index (χ0) is 12.6. The predicted octanol–water partition coefficient (Wildman–Crippen LogP) is 1.04. The fourth-order valence-corrected chi connectivity index (χ4v) is 3.32. The third-order valence-corrected chi connectivity index (χ3v) is 4.33. The zero-order valence-corrected chi connectivity index (χ0v) is 11.0. The van der Waals surface area contributed by atoms with Crippen LogP contribution < -0.4 is 11.1 Å². The van der Waals surface area contributed by atoms with Crippen molar-refractivity contribution in [2.24, 2.45) is 17.1 Å². The van der Waals surface area contributed by atoms with Crippen molar-refractivity contribution in [3.8, 4) is 0 Å². The molecule has 2 rings (SSSR count). The number of carbonyl (C=O) groups excluding carboxylic acids is 1. The zero-order valence-electron chi connectivity index (χ0n) is 11.0. The maximum absolute atomic E-state index is 11.9. The Bertz CT molecular complexity index is 304. The summed E-state index contributed by atoms with van der Waals surface area (Å²) >= 11 is 0. The van der Waals surface area contributed by atoms with E-state index in [1.165, 1.54) is 0 Å². The number of nitrogens with one attached hydrogen (secondary N) is 1. The summed E-state index contributed by atoms with van der Waals surface area (Å²) in [4.78, 5) is 11.9. The molecule has 1 heterocycles. The molecule has 1 aliphatic carbocycles. The summed E-state index contributed by atoms with van der Waals surface area (Å²) in [6.07, 6.45) is 3.07. The van der Waals surface area contributed by atoms with Crippen molar-refractivity contribution in [3.63, 3.8) is 0 Å². The first-order valence-corrected chi connectivity index (χ1v) is 6.66. The van der Waals surface area contributed by atoms with E-state index in [4.69, 9.17) is 10.5 Å². The second-order valence-corrected chi connectivity index (χ2v) is 5.95. The van der Waals surface area contributed by atoms with Gasteiger partial charge in [0.1, 0.15) is 0 Å². The predicted molar refractivity (Wildman–Crippen MR) is 66.4 cm³/mol. The van der Waals surface area contributed by atoms with Gasteiger partial charge in [-0.3, -0.25) is 4.79 Å². The van der Waals surface area contributed by atoms with E-state index in [1.54, 1.807) is 0 Å². The van der Waals surface area contributed by atoms with E-state index in [2.05, 4.69) is 19.2 Å². The van der Waals surface area contributed by atoms with Crippen molar-refractivity contribution in [3.05, 3.63) is 0 Å². The van der Waals surface area contributed by atoms with Crippen LogP contribution in [0.25, 0.3) is 0 Å². The van der Waals surface area contributed by atoms with E-state index in [1.807, 2.05) is 6.92 Å². The average molecular weight is 240 g/mol. The second kappa shape index (κ2) is 4.58. The third-order valence-electron chi connectivity index (χ3n) is 4.33. The normalized spacial score (nSPS) is 35.9. The lowest BCUT2D eigenvalue weighted by Crippen LogP contribution is -2.68. The van der Waals surface area contributed by atoms with Crippen LogP contribution in [0.3, 0.4) is 0 Å². The van der Waals surface area contributed by atoms with Gasteiger partial charge >= 0.3 is 0 Å². The van der Waals surface area contributed by atoms with Crippen molar-refractivity contribution >= 4 is 5.91 Å². The highest BCUT2D eigenvalue weighted by molar-refractivity contribution is 5.82. The Balaban J connectivity index is 1.93. The molecule has 4 nitrogen and oxygen atoms in total. The molecule has 0 aromatic carbocycles. The van der Waals surface area contributed by atoms with Gasteiger partial charge in [0.2, 0.25) is 5.91 Å². The molecule has 0 bridgehead atoms. The van der Waals surface area contributed by atoms with Gasteiger partial charge in [0.25, 0.3) is 0 Å². The fraction of sp³-hybridized carbons (Fsp3) is 0.923. The number of carbonyl (C=O) groups is 1. The van der Waals surface area contributed by atoms with Gasteiger partial charge in [-0.1, -0.05) is 27.2 Å². The monoisotopic (exact) mass is 240 g/mol. The Morgan fingerprint density at radius 3 is 2.94 bits per heavy atom. The van der Waals surface area contributed by atoms with Gasteiger partial charge < -0.3 is 15.8 Å². The highest BCUT2D eigenvalue weighted by Gasteiger charge is 2.59. The van der Waals surface area contributed by atoms with Gasteiger partial charge in [0.05, 0.1) is 12.1 Å². The first-order valence-electron chi connectivity index (χ1n) is 6.66. The Kier molecular flexibility index (Phi) is 3.46. The summed E-state index contributed by atoms with van der Waals surface area (Å²) in [5, 5.41) is 3.12. The van der Waals surface area contributed by atoms with Gasteiger partial charge in [-0.25, -0.2) is 0 Å². The number of nitrogens with two attached hydrogens (primary N) is 1. The molecule has 0 aromatic heterocycles. The molecule has 0 spiro atoms. The van der Waals surface area contributed by atoms with Crippen LogP contribution in [0.2, 0.25) is 0 Å². The summed E-state index contributed by atoms with van der Waals surface area (Å²) in [7, 11) is 0. The topological polar surface area (TPSA) is 64.4 Å². The number of hydrogen-bond acceptors (Lipinski definition) is 3. The molecule has 0 aromatic rings. The average Bonchev–Trinajstić information content (AvgIpc) is 2.72. The maximum atomic E-state index is 11.9. The number of fused-ring (bicyclic) bond motifs is 1. The second-order valence-electron chi connectivity index (χ2n) is 5.95. The third kappa shape index (κ3) is 2.08. The Morgan fingerprint density at radius 2 is 2.29 bits per heavy atom. The van der Waals surface area contributed by atoms with Crippen molar-refractivity contribution < 1.29 is 9.53 Å². The lowest BCUT2D eigenvalue weighted by atomic mass is 9.57. The van der Waals surface area contributed by atoms with Crippen LogP contribution in [0, 0.1) is 11.3 Å². The first-order chi connectivity index (χ1) is 7.98. The quantitative estimate of drug-likeness (QED) is 0.772. The molecule has 4 heteroatoms. The van der Waals surface area contributed by atoms with Crippen LogP contribution in [0.1, 0.15) is 40.0 Å². The lowest BCUT2D eigenvalue weighted by Gasteiger charge is -2.54. The van der Waals surface area contributed by atoms with Crippen LogP contribution in [0.15, 0.2) is 0 Å². The molecule has 17 heavy (non-hydrogen) atoms. The molecule has 1 amide bonds. The van der Waals surface area contributed by atoms with Gasteiger partial charge in [-0.05, 0) is 12.8 Å². The summed E-state index contributed by atoms with van der Waals surface area (Å²) in [6.45, 7) is 7.19. The highest BCUT2D eigenvalue weighted by Crippen LogP contribution is 2.52.